The number of rotatable bonds is 5. The highest BCUT2D eigenvalue weighted by molar-refractivity contribution is 5.33. The molecule has 2 N–H and O–H groups in total. The maximum Gasteiger partial charge on any atom is 0.409 e. The quantitative estimate of drug-likeness (QED) is 0.774. The predicted molar refractivity (Wildman–Crippen MR) is 90.1 cm³/mol. The second-order valence-electron chi connectivity index (χ2n) is 6.76. The highest BCUT2D eigenvalue weighted by Crippen LogP contribution is 2.47. The third kappa shape index (κ3) is 4.04. The minimum absolute atomic E-state index is 0.112. The van der Waals surface area contributed by atoms with Gasteiger partial charge in [-0.2, -0.15) is 18.2 Å². The molecular formula is C17H18F4N4O2. The molecule has 2 aromatic rings. The van der Waals surface area contributed by atoms with E-state index in [1.807, 2.05) is 0 Å². The smallest absolute Gasteiger partial charge is 0.349 e. The lowest BCUT2D eigenvalue weighted by Crippen LogP contribution is -2.46. The zero-order valence-corrected chi connectivity index (χ0v) is 14.6. The van der Waals surface area contributed by atoms with Crippen LogP contribution >= 0.6 is 0 Å². The van der Waals surface area contributed by atoms with Gasteiger partial charge in [-0.25, -0.2) is 18.5 Å². The Morgan fingerprint density at radius 3 is 2.52 bits per heavy atom. The van der Waals surface area contributed by atoms with E-state index in [0.717, 1.165) is 5.56 Å². The number of aromatic nitrogens is 3. The van der Waals surface area contributed by atoms with Gasteiger partial charge in [-0.05, 0) is 38.7 Å². The van der Waals surface area contributed by atoms with Gasteiger partial charge in [-0.15, -0.1) is 0 Å². The van der Waals surface area contributed by atoms with E-state index in [9.17, 15) is 27.2 Å². The maximum absolute atomic E-state index is 14.0. The van der Waals surface area contributed by atoms with Crippen molar-refractivity contribution in [2.24, 2.45) is 5.92 Å². The summed E-state index contributed by atoms with van der Waals surface area (Å²) in [5, 5.41) is 2.66. The van der Waals surface area contributed by atoms with Gasteiger partial charge < -0.3 is 5.32 Å². The number of nitrogens with one attached hydrogen (secondary N) is 2. The summed E-state index contributed by atoms with van der Waals surface area (Å²) < 4.78 is 53.9. The van der Waals surface area contributed by atoms with Crippen LogP contribution < -0.4 is 16.7 Å². The van der Waals surface area contributed by atoms with Crippen LogP contribution in [-0.4, -0.2) is 20.7 Å². The van der Waals surface area contributed by atoms with Crippen molar-refractivity contribution < 1.29 is 17.6 Å². The fraction of sp³-hybridized carbons (Fsp3) is 0.471. The zero-order chi connectivity index (χ0) is 19.9. The normalized spacial score (nSPS) is 16.8. The van der Waals surface area contributed by atoms with Gasteiger partial charge in [0.2, 0.25) is 5.95 Å². The number of anilines is 1. The standard InChI is InChI=1S/C17H18F4N4O2/c1-8-3-6-12(18)11(7-8)9(2)22-14-23-15(26)25(16(27)24-14)13(10-4-5-10)17(19,20)21/h3,6-7,9-10,13H,4-5H2,1-2H3,(H2,22,23,24,26,27)/t9-,13-/m0/s1. The van der Waals surface area contributed by atoms with Crippen molar-refractivity contribution in [3.63, 3.8) is 0 Å². The Kier molecular flexibility index (Phi) is 4.83. The molecule has 1 aliphatic carbocycles. The SMILES string of the molecule is Cc1ccc(F)c([C@H](C)Nc2nc(=O)n([C@@H](C3CC3)C(F)(F)F)c(=O)[nH]2)c1. The third-order valence-corrected chi connectivity index (χ3v) is 4.51. The van der Waals surface area contributed by atoms with Crippen molar-refractivity contribution in [2.45, 2.75) is 44.9 Å². The fourth-order valence-corrected chi connectivity index (χ4v) is 3.05. The van der Waals surface area contributed by atoms with Crippen molar-refractivity contribution in [1.82, 2.24) is 14.5 Å². The molecule has 1 fully saturated rings. The highest BCUT2D eigenvalue weighted by Gasteiger charge is 2.51. The van der Waals surface area contributed by atoms with Gasteiger partial charge in [0.05, 0.1) is 6.04 Å². The average molecular weight is 386 g/mol. The summed E-state index contributed by atoms with van der Waals surface area (Å²) in [6, 6.07) is 1.58. The van der Waals surface area contributed by atoms with Gasteiger partial charge in [0.1, 0.15) is 11.9 Å². The minimum atomic E-state index is -4.73. The van der Waals surface area contributed by atoms with Crippen LogP contribution in [0.2, 0.25) is 0 Å². The Morgan fingerprint density at radius 2 is 1.96 bits per heavy atom. The van der Waals surface area contributed by atoms with Crippen molar-refractivity contribution >= 4 is 5.95 Å². The molecule has 0 aliphatic heterocycles. The van der Waals surface area contributed by atoms with Crippen LogP contribution in [0.25, 0.3) is 0 Å². The molecule has 3 rings (SSSR count). The molecule has 6 nitrogen and oxygen atoms in total. The molecular weight excluding hydrogens is 368 g/mol. The first-order valence-electron chi connectivity index (χ1n) is 8.40. The van der Waals surface area contributed by atoms with Gasteiger partial charge in [0.25, 0.3) is 0 Å². The molecule has 10 heteroatoms. The Morgan fingerprint density at radius 1 is 1.30 bits per heavy atom. The molecule has 0 saturated heterocycles. The number of aryl methyl sites for hydroxylation is 1. The lowest BCUT2D eigenvalue weighted by molar-refractivity contribution is -0.175. The molecule has 146 valence electrons. The summed E-state index contributed by atoms with van der Waals surface area (Å²) >= 11 is 0. The van der Waals surface area contributed by atoms with Gasteiger partial charge in [0, 0.05) is 5.56 Å². The lowest BCUT2D eigenvalue weighted by atomic mass is 10.1. The van der Waals surface area contributed by atoms with Crippen LogP contribution in [0.1, 0.15) is 43.0 Å². The van der Waals surface area contributed by atoms with Crippen LogP contribution in [-0.2, 0) is 0 Å². The summed E-state index contributed by atoms with van der Waals surface area (Å²) in [6.07, 6.45) is -4.15. The first-order chi connectivity index (χ1) is 12.6. The molecule has 2 atom stereocenters. The van der Waals surface area contributed by atoms with E-state index in [0.29, 0.717) is 12.8 Å². The van der Waals surface area contributed by atoms with E-state index in [1.54, 1.807) is 26.0 Å². The molecule has 1 aromatic carbocycles. The number of H-pyrrole nitrogens is 1. The van der Waals surface area contributed by atoms with E-state index in [-0.39, 0.29) is 16.1 Å². The molecule has 1 aromatic heterocycles. The maximum atomic E-state index is 14.0. The van der Waals surface area contributed by atoms with E-state index in [4.69, 9.17) is 0 Å². The zero-order valence-electron chi connectivity index (χ0n) is 14.6. The minimum Gasteiger partial charge on any atom is -0.349 e. The Hall–Kier alpha value is -2.65. The molecule has 0 bridgehead atoms. The predicted octanol–water partition coefficient (Wildman–Crippen LogP) is 3.07. The fourth-order valence-electron chi connectivity index (χ4n) is 3.05. The van der Waals surface area contributed by atoms with Gasteiger partial charge in [-0.1, -0.05) is 17.7 Å². The number of hydrogen-bond donors (Lipinski definition) is 2. The van der Waals surface area contributed by atoms with E-state index in [2.05, 4.69) is 15.3 Å². The number of aromatic amines is 1. The molecule has 1 aliphatic rings. The van der Waals surface area contributed by atoms with Crippen molar-refractivity contribution in [3.05, 3.63) is 56.1 Å². The van der Waals surface area contributed by atoms with Crippen LogP contribution in [0.15, 0.2) is 27.8 Å². The first kappa shape index (κ1) is 19.1. The Balaban J connectivity index is 1.92. The van der Waals surface area contributed by atoms with Crippen LogP contribution in [0.3, 0.4) is 0 Å². The van der Waals surface area contributed by atoms with E-state index in [1.165, 1.54) is 6.07 Å². The second kappa shape index (κ2) is 6.82. The number of alkyl halides is 3. The number of nitrogens with zero attached hydrogens (tertiary/aromatic N) is 2. The van der Waals surface area contributed by atoms with Crippen molar-refractivity contribution in [1.29, 1.82) is 0 Å². The van der Waals surface area contributed by atoms with Crippen molar-refractivity contribution in [3.8, 4) is 0 Å². The summed E-state index contributed by atoms with van der Waals surface area (Å²) in [7, 11) is 0. The average Bonchev–Trinajstić information content (AvgIpc) is 3.36. The molecule has 0 amide bonds. The number of halogens is 4. The first-order valence-corrected chi connectivity index (χ1v) is 8.40. The summed E-state index contributed by atoms with van der Waals surface area (Å²) in [4.78, 5) is 30.0. The second-order valence-corrected chi connectivity index (χ2v) is 6.76. The van der Waals surface area contributed by atoms with Crippen LogP contribution in [0.5, 0.6) is 0 Å². The van der Waals surface area contributed by atoms with Gasteiger partial charge >= 0.3 is 17.6 Å². The topological polar surface area (TPSA) is 79.8 Å². The number of hydrogen-bond acceptors (Lipinski definition) is 4. The monoisotopic (exact) mass is 386 g/mol. The van der Waals surface area contributed by atoms with Crippen molar-refractivity contribution in [2.75, 3.05) is 5.32 Å². The van der Waals surface area contributed by atoms with Crippen LogP contribution in [0.4, 0.5) is 23.5 Å². The third-order valence-electron chi connectivity index (χ3n) is 4.51. The highest BCUT2D eigenvalue weighted by atomic mass is 19.4. The van der Waals surface area contributed by atoms with Gasteiger partial charge in [0.15, 0.2) is 0 Å². The molecule has 0 spiro atoms. The Labute approximate surface area is 151 Å². The Bertz CT molecular complexity index is 931. The molecule has 1 heterocycles. The molecule has 1 saturated carbocycles. The summed E-state index contributed by atoms with van der Waals surface area (Å²) in [6.45, 7) is 3.35. The largest absolute Gasteiger partial charge is 0.409 e. The van der Waals surface area contributed by atoms with E-state index >= 15 is 0 Å². The van der Waals surface area contributed by atoms with E-state index < -0.39 is 41.4 Å². The summed E-state index contributed by atoms with van der Waals surface area (Å²) in [5.41, 5.74) is -1.43. The molecule has 0 radical (unpaired) electrons. The lowest BCUT2D eigenvalue weighted by Gasteiger charge is -2.21. The molecule has 27 heavy (non-hydrogen) atoms. The molecule has 0 unspecified atom stereocenters. The van der Waals surface area contributed by atoms with Gasteiger partial charge in [-0.3, -0.25) is 4.98 Å². The number of benzene rings is 1. The summed E-state index contributed by atoms with van der Waals surface area (Å²) in [5.74, 6) is -1.61. The van der Waals surface area contributed by atoms with Crippen LogP contribution in [0, 0.1) is 18.7 Å².